The Balaban J connectivity index is 0.993. The number of aryl methyl sites for hydroxylation is 1. The van der Waals surface area contributed by atoms with Crippen LogP contribution in [0.3, 0.4) is 0 Å². The molecule has 4 amide bonds. The molecule has 0 N–H and O–H groups in total. The van der Waals surface area contributed by atoms with Crippen LogP contribution in [0, 0.1) is 6.92 Å². The molecule has 8 aromatic rings. The third-order valence-electron chi connectivity index (χ3n) is 13.8. The minimum atomic E-state index is -0.974. The highest BCUT2D eigenvalue weighted by Crippen LogP contribution is 2.58. The summed E-state index contributed by atoms with van der Waals surface area (Å²) in [5.41, 5.74) is 13.9. The number of benzene rings is 8. The molecule has 0 saturated carbocycles. The standard InChI is InChI=1S/C56H36N2O4/c1-33-19-21-34(22-20-33)55(47-15-7-3-11-39(47)40-12-4-8-16-48(40)55)35-23-27-38(28-24-35)58-53(61)44-30-26-37(32-46(44)54(58)62)56(36-25-29-43-45(31-36)52(60)57(2)51(43)59)49-17-9-5-13-41(49)42-14-6-10-18-50(42)56/h3-32H,1-2H3. The van der Waals surface area contributed by atoms with Crippen molar-refractivity contribution in [3.63, 3.8) is 0 Å². The molecule has 62 heavy (non-hydrogen) atoms. The largest absolute Gasteiger partial charge is 0.277 e. The van der Waals surface area contributed by atoms with E-state index in [0.717, 1.165) is 49.4 Å². The van der Waals surface area contributed by atoms with Gasteiger partial charge in [-0.3, -0.25) is 24.1 Å². The van der Waals surface area contributed by atoms with Crippen LogP contribution in [0.2, 0.25) is 0 Å². The maximum absolute atomic E-state index is 14.8. The Morgan fingerprint density at radius 2 is 0.677 bits per heavy atom. The van der Waals surface area contributed by atoms with Gasteiger partial charge in [0, 0.05) is 7.05 Å². The first-order valence-corrected chi connectivity index (χ1v) is 20.8. The Bertz CT molecular complexity index is 3220. The van der Waals surface area contributed by atoms with E-state index in [4.69, 9.17) is 0 Å². The number of amides is 4. The molecule has 12 rings (SSSR count). The van der Waals surface area contributed by atoms with Crippen molar-refractivity contribution in [2.75, 3.05) is 11.9 Å². The van der Waals surface area contributed by atoms with Crippen LogP contribution >= 0.6 is 0 Å². The number of hydrogen-bond donors (Lipinski definition) is 0. The van der Waals surface area contributed by atoms with Gasteiger partial charge < -0.3 is 0 Å². The summed E-state index contributed by atoms with van der Waals surface area (Å²) in [4.78, 5) is 58.1. The van der Waals surface area contributed by atoms with Gasteiger partial charge in [0.15, 0.2) is 0 Å². The summed E-state index contributed by atoms with van der Waals surface area (Å²) >= 11 is 0. The van der Waals surface area contributed by atoms with Gasteiger partial charge in [-0.25, -0.2) is 4.90 Å². The first-order valence-electron chi connectivity index (χ1n) is 20.8. The second-order valence-electron chi connectivity index (χ2n) is 16.7. The number of anilines is 1. The lowest BCUT2D eigenvalue weighted by molar-refractivity contribution is 0.0692. The molecule has 2 heterocycles. The molecule has 0 fully saturated rings. The molecule has 2 aliphatic heterocycles. The van der Waals surface area contributed by atoms with Crippen molar-refractivity contribution in [2.45, 2.75) is 17.8 Å². The second kappa shape index (κ2) is 12.8. The molecule has 0 bridgehead atoms. The molecule has 294 valence electrons. The molecule has 0 saturated heterocycles. The highest BCUT2D eigenvalue weighted by Gasteiger charge is 2.50. The minimum Gasteiger partial charge on any atom is -0.277 e. The third kappa shape index (κ3) is 4.48. The van der Waals surface area contributed by atoms with Crippen molar-refractivity contribution in [3.05, 3.63) is 254 Å². The minimum absolute atomic E-state index is 0.305. The van der Waals surface area contributed by atoms with Crippen molar-refractivity contribution in [2.24, 2.45) is 0 Å². The summed E-state index contributed by atoms with van der Waals surface area (Å²) in [6, 6.07) is 61.1. The van der Waals surface area contributed by atoms with Crippen LogP contribution in [-0.2, 0) is 10.8 Å². The fraction of sp³-hybridized carbons (Fsp3) is 0.0714. The maximum Gasteiger partial charge on any atom is 0.266 e. The van der Waals surface area contributed by atoms with Gasteiger partial charge in [0.25, 0.3) is 23.6 Å². The predicted molar refractivity (Wildman–Crippen MR) is 240 cm³/mol. The van der Waals surface area contributed by atoms with Gasteiger partial charge in [0.1, 0.15) is 0 Å². The topological polar surface area (TPSA) is 74.8 Å². The third-order valence-corrected chi connectivity index (χ3v) is 13.8. The molecule has 8 aromatic carbocycles. The number of rotatable bonds is 5. The second-order valence-corrected chi connectivity index (χ2v) is 16.7. The van der Waals surface area contributed by atoms with E-state index in [9.17, 15) is 19.2 Å². The molecule has 0 radical (unpaired) electrons. The monoisotopic (exact) mass is 800 g/mol. The van der Waals surface area contributed by atoms with Crippen LogP contribution < -0.4 is 4.90 Å². The van der Waals surface area contributed by atoms with Crippen LogP contribution in [0.5, 0.6) is 0 Å². The lowest BCUT2D eigenvalue weighted by Gasteiger charge is -2.34. The average Bonchev–Trinajstić information content (AvgIpc) is 3.95. The number of imide groups is 2. The Kier molecular flexibility index (Phi) is 7.40. The SMILES string of the molecule is Cc1ccc(C2(c3ccc(N4C(=O)c5ccc(C6(c7ccc8c(c7)C(=O)N(C)C8=O)c7ccccc7-c7ccccc76)cc5C4=O)cc3)c3ccccc3-c3ccccc32)cc1. The Hall–Kier alpha value is -7.96. The molecular weight excluding hydrogens is 765 g/mol. The normalized spacial score (nSPS) is 15.9. The van der Waals surface area contributed by atoms with E-state index in [1.807, 2.05) is 60.7 Å². The van der Waals surface area contributed by atoms with Gasteiger partial charge in [-0.2, -0.15) is 0 Å². The molecule has 4 aliphatic rings. The fourth-order valence-corrected chi connectivity index (χ4v) is 11.0. The average molecular weight is 801 g/mol. The van der Waals surface area contributed by atoms with Crippen LogP contribution in [0.1, 0.15) is 91.5 Å². The number of nitrogens with zero attached hydrogens (tertiary/aromatic N) is 2. The summed E-state index contributed by atoms with van der Waals surface area (Å²) in [6.07, 6.45) is 0. The van der Waals surface area contributed by atoms with Crippen LogP contribution in [0.25, 0.3) is 22.3 Å². The van der Waals surface area contributed by atoms with E-state index >= 15 is 0 Å². The van der Waals surface area contributed by atoms with Crippen LogP contribution in [0.15, 0.2) is 182 Å². The van der Waals surface area contributed by atoms with E-state index in [1.54, 1.807) is 12.1 Å². The van der Waals surface area contributed by atoms with E-state index in [-0.39, 0.29) is 17.7 Å². The first kappa shape index (κ1) is 35.9. The molecule has 0 unspecified atom stereocenters. The summed E-state index contributed by atoms with van der Waals surface area (Å²) in [5.74, 6) is -1.49. The van der Waals surface area contributed by atoms with E-state index < -0.39 is 16.7 Å². The van der Waals surface area contributed by atoms with E-state index in [2.05, 4.69) is 116 Å². The highest BCUT2D eigenvalue weighted by molar-refractivity contribution is 6.34. The summed E-state index contributed by atoms with van der Waals surface area (Å²) in [5, 5.41) is 0. The number of fused-ring (bicyclic) bond motifs is 8. The number of hydrogen-bond acceptors (Lipinski definition) is 4. The van der Waals surface area contributed by atoms with Crippen molar-refractivity contribution in [3.8, 4) is 22.3 Å². The van der Waals surface area contributed by atoms with Crippen LogP contribution in [-0.4, -0.2) is 35.6 Å². The van der Waals surface area contributed by atoms with Gasteiger partial charge in [0.05, 0.1) is 38.8 Å². The Morgan fingerprint density at radius 3 is 1.15 bits per heavy atom. The fourth-order valence-electron chi connectivity index (χ4n) is 11.0. The maximum atomic E-state index is 14.8. The molecular formula is C56H36N2O4. The predicted octanol–water partition coefficient (Wildman–Crippen LogP) is 10.7. The lowest BCUT2D eigenvalue weighted by Crippen LogP contribution is -2.31. The molecule has 0 spiro atoms. The highest BCUT2D eigenvalue weighted by atomic mass is 16.2. The van der Waals surface area contributed by atoms with Gasteiger partial charge in [-0.1, -0.05) is 151 Å². The summed E-state index contributed by atoms with van der Waals surface area (Å²) in [6.45, 7) is 2.09. The van der Waals surface area contributed by atoms with Gasteiger partial charge in [-0.05, 0) is 110 Å². The molecule has 2 aliphatic carbocycles. The number of carbonyl (C=O) groups excluding carboxylic acids is 4. The molecule has 0 atom stereocenters. The van der Waals surface area contributed by atoms with E-state index in [1.165, 1.54) is 39.8 Å². The van der Waals surface area contributed by atoms with Crippen LogP contribution in [0.4, 0.5) is 5.69 Å². The zero-order valence-corrected chi connectivity index (χ0v) is 33.8. The van der Waals surface area contributed by atoms with Gasteiger partial charge in [-0.15, -0.1) is 0 Å². The molecule has 0 aromatic heterocycles. The van der Waals surface area contributed by atoms with Crippen molar-refractivity contribution >= 4 is 29.3 Å². The lowest BCUT2D eigenvalue weighted by atomic mass is 9.67. The zero-order chi connectivity index (χ0) is 42.1. The first-order chi connectivity index (χ1) is 30.2. The van der Waals surface area contributed by atoms with Gasteiger partial charge in [0.2, 0.25) is 0 Å². The van der Waals surface area contributed by atoms with Crippen molar-refractivity contribution in [1.82, 2.24) is 4.90 Å². The Morgan fingerprint density at radius 1 is 0.339 bits per heavy atom. The molecule has 6 heteroatoms. The summed E-state index contributed by atoms with van der Waals surface area (Å²) < 4.78 is 0. The van der Waals surface area contributed by atoms with Crippen molar-refractivity contribution < 1.29 is 19.2 Å². The Labute approximate surface area is 358 Å². The van der Waals surface area contributed by atoms with Gasteiger partial charge >= 0.3 is 0 Å². The molecule has 6 nitrogen and oxygen atoms in total. The smallest absolute Gasteiger partial charge is 0.266 e. The zero-order valence-electron chi connectivity index (χ0n) is 33.8. The number of carbonyl (C=O) groups is 4. The van der Waals surface area contributed by atoms with Crippen molar-refractivity contribution in [1.29, 1.82) is 0 Å². The summed E-state index contributed by atoms with van der Waals surface area (Å²) in [7, 11) is 1.50. The van der Waals surface area contributed by atoms with E-state index in [0.29, 0.717) is 27.9 Å². The quantitative estimate of drug-likeness (QED) is 0.163.